The third-order valence-electron chi connectivity index (χ3n) is 4.07. The van der Waals surface area contributed by atoms with E-state index in [1.165, 1.54) is 10.6 Å². The van der Waals surface area contributed by atoms with Gasteiger partial charge in [-0.25, -0.2) is 0 Å². The van der Waals surface area contributed by atoms with Crippen LogP contribution in [-0.2, 0) is 4.79 Å². The highest BCUT2D eigenvalue weighted by atomic mass is 16.2. The standard InChI is InChI=1S/C18H19N3O2/c1-11-6-5-7-16(13(11)3)20-17(22)14(4)21-12(2)8-9-15(10-19)18(21)23/h5-9,14H,1-4H3,(H,20,22). The number of aryl methyl sites for hydroxylation is 2. The first kappa shape index (κ1) is 16.5. The van der Waals surface area contributed by atoms with E-state index < -0.39 is 11.6 Å². The van der Waals surface area contributed by atoms with Crippen LogP contribution in [-0.4, -0.2) is 10.5 Å². The van der Waals surface area contributed by atoms with Crippen LogP contribution in [0.25, 0.3) is 0 Å². The second kappa shape index (κ2) is 6.49. The van der Waals surface area contributed by atoms with Gasteiger partial charge in [-0.05, 0) is 57.0 Å². The molecule has 0 saturated carbocycles. The number of pyridine rings is 1. The molecule has 1 aromatic carbocycles. The molecule has 1 unspecified atom stereocenters. The summed E-state index contributed by atoms with van der Waals surface area (Å²) < 4.78 is 1.35. The van der Waals surface area contributed by atoms with E-state index in [0.717, 1.165) is 16.8 Å². The van der Waals surface area contributed by atoms with E-state index in [0.29, 0.717) is 5.69 Å². The zero-order chi connectivity index (χ0) is 17.1. The lowest BCUT2D eigenvalue weighted by molar-refractivity contribution is -0.118. The van der Waals surface area contributed by atoms with Gasteiger partial charge in [0.2, 0.25) is 5.91 Å². The van der Waals surface area contributed by atoms with Gasteiger partial charge >= 0.3 is 0 Å². The molecule has 1 atom stereocenters. The average Bonchev–Trinajstić information content (AvgIpc) is 2.52. The van der Waals surface area contributed by atoms with Crippen molar-refractivity contribution in [2.24, 2.45) is 0 Å². The lowest BCUT2D eigenvalue weighted by atomic mass is 10.1. The number of hydrogen-bond acceptors (Lipinski definition) is 3. The number of carbonyl (C=O) groups is 1. The van der Waals surface area contributed by atoms with E-state index in [-0.39, 0.29) is 11.5 Å². The minimum Gasteiger partial charge on any atom is -0.324 e. The van der Waals surface area contributed by atoms with E-state index in [1.807, 2.05) is 38.1 Å². The maximum Gasteiger partial charge on any atom is 0.269 e. The molecule has 2 aromatic rings. The van der Waals surface area contributed by atoms with Crippen molar-refractivity contribution < 1.29 is 4.79 Å². The number of carbonyl (C=O) groups excluding carboxylic acids is 1. The molecule has 0 spiro atoms. The van der Waals surface area contributed by atoms with Crippen molar-refractivity contribution in [1.29, 1.82) is 5.26 Å². The molecule has 1 amide bonds. The normalized spacial score (nSPS) is 11.6. The fourth-order valence-corrected chi connectivity index (χ4v) is 2.45. The monoisotopic (exact) mass is 309 g/mol. The van der Waals surface area contributed by atoms with E-state index in [4.69, 9.17) is 5.26 Å². The van der Waals surface area contributed by atoms with E-state index in [2.05, 4.69) is 5.32 Å². The number of anilines is 1. The van der Waals surface area contributed by atoms with Gasteiger partial charge in [-0.3, -0.25) is 14.2 Å². The largest absolute Gasteiger partial charge is 0.324 e. The second-order valence-electron chi connectivity index (χ2n) is 5.59. The Morgan fingerprint density at radius 1 is 1.22 bits per heavy atom. The molecule has 23 heavy (non-hydrogen) atoms. The number of nitriles is 1. The lowest BCUT2D eigenvalue weighted by Gasteiger charge is -2.19. The average molecular weight is 309 g/mol. The summed E-state index contributed by atoms with van der Waals surface area (Å²) in [5.74, 6) is -0.293. The van der Waals surface area contributed by atoms with Crippen LogP contribution < -0.4 is 10.9 Å². The molecule has 0 bridgehead atoms. The second-order valence-corrected chi connectivity index (χ2v) is 5.59. The van der Waals surface area contributed by atoms with Gasteiger partial charge in [0.15, 0.2) is 0 Å². The molecule has 118 valence electrons. The van der Waals surface area contributed by atoms with Gasteiger partial charge < -0.3 is 5.32 Å². The Morgan fingerprint density at radius 2 is 1.91 bits per heavy atom. The fraction of sp³-hybridized carbons (Fsp3) is 0.278. The van der Waals surface area contributed by atoms with Crippen LogP contribution >= 0.6 is 0 Å². The van der Waals surface area contributed by atoms with Crippen LogP contribution in [0.4, 0.5) is 5.69 Å². The predicted octanol–water partition coefficient (Wildman–Crippen LogP) is 2.84. The molecule has 0 fully saturated rings. The highest BCUT2D eigenvalue weighted by molar-refractivity contribution is 5.94. The van der Waals surface area contributed by atoms with E-state index >= 15 is 0 Å². The lowest BCUT2D eigenvalue weighted by Crippen LogP contribution is -2.34. The summed E-state index contributed by atoms with van der Waals surface area (Å²) in [6, 6.07) is 9.96. The predicted molar refractivity (Wildman–Crippen MR) is 89.4 cm³/mol. The fourth-order valence-electron chi connectivity index (χ4n) is 2.45. The first-order valence-electron chi connectivity index (χ1n) is 7.36. The maximum absolute atomic E-state index is 12.5. The summed E-state index contributed by atoms with van der Waals surface area (Å²) in [7, 11) is 0. The number of benzene rings is 1. The number of aromatic nitrogens is 1. The van der Waals surface area contributed by atoms with Crippen molar-refractivity contribution in [3.63, 3.8) is 0 Å². The molecule has 0 aliphatic carbocycles. The van der Waals surface area contributed by atoms with Gasteiger partial charge in [-0.2, -0.15) is 5.26 Å². The summed E-state index contributed by atoms with van der Waals surface area (Å²) >= 11 is 0. The van der Waals surface area contributed by atoms with Crippen molar-refractivity contribution in [2.75, 3.05) is 5.32 Å². The molecule has 5 nitrogen and oxygen atoms in total. The third-order valence-corrected chi connectivity index (χ3v) is 4.07. The molecule has 1 heterocycles. The summed E-state index contributed by atoms with van der Waals surface area (Å²) in [6.45, 7) is 7.29. The summed E-state index contributed by atoms with van der Waals surface area (Å²) in [6.07, 6.45) is 0. The van der Waals surface area contributed by atoms with Gasteiger partial charge in [0.1, 0.15) is 17.7 Å². The van der Waals surface area contributed by atoms with Crippen LogP contribution in [0.15, 0.2) is 35.1 Å². The molecule has 1 aromatic heterocycles. The molecule has 0 saturated heterocycles. The topological polar surface area (TPSA) is 74.9 Å². The molecule has 0 radical (unpaired) electrons. The van der Waals surface area contributed by atoms with Crippen LogP contribution in [0, 0.1) is 32.1 Å². The molecular weight excluding hydrogens is 290 g/mol. The van der Waals surface area contributed by atoms with E-state index in [9.17, 15) is 9.59 Å². The number of nitrogens with one attached hydrogen (secondary N) is 1. The summed E-state index contributed by atoms with van der Waals surface area (Å²) in [5, 5.41) is 11.9. The Balaban J connectivity index is 2.36. The first-order chi connectivity index (χ1) is 10.9. The Hall–Kier alpha value is -2.87. The molecule has 0 aliphatic heterocycles. The van der Waals surface area contributed by atoms with Gasteiger partial charge in [-0.1, -0.05) is 12.1 Å². The van der Waals surface area contributed by atoms with Crippen molar-refractivity contribution in [3.8, 4) is 6.07 Å². The molecule has 5 heteroatoms. The first-order valence-corrected chi connectivity index (χ1v) is 7.36. The third kappa shape index (κ3) is 3.16. The van der Waals surface area contributed by atoms with Crippen molar-refractivity contribution in [3.05, 3.63) is 63.1 Å². The smallest absolute Gasteiger partial charge is 0.269 e. The summed E-state index contributed by atoms with van der Waals surface area (Å²) in [5.41, 5.74) is 3.01. The van der Waals surface area contributed by atoms with Gasteiger partial charge in [0.25, 0.3) is 5.56 Å². The Morgan fingerprint density at radius 3 is 2.57 bits per heavy atom. The number of nitrogens with zero attached hydrogens (tertiary/aromatic N) is 2. The van der Waals surface area contributed by atoms with Gasteiger partial charge in [0, 0.05) is 11.4 Å². The maximum atomic E-state index is 12.5. The Bertz CT molecular complexity index is 860. The van der Waals surface area contributed by atoms with Crippen LogP contribution in [0.3, 0.4) is 0 Å². The minimum absolute atomic E-state index is 0.0296. The van der Waals surface area contributed by atoms with Crippen molar-refractivity contribution in [1.82, 2.24) is 4.57 Å². The van der Waals surface area contributed by atoms with Gasteiger partial charge in [-0.15, -0.1) is 0 Å². The van der Waals surface area contributed by atoms with Crippen LogP contribution in [0.5, 0.6) is 0 Å². The zero-order valence-electron chi connectivity index (χ0n) is 13.7. The van der Waals surface area contributed by atoms with Crippen LogP contribution in [0.2, 0.25) is 0 Å². The number of rotatable bonds is 3. The summed E-state index contributed by atoms with van der Waals surface area (Å²) in [4.78, 5) is 24.8. The molecule has 2 rings (SSSR count). The zero-order valence-corrected chi connectivity index (χ0v) is 13.7. The highest BCUT2D eigenvalue weighted by Gasteiger charge is 2.20. The Labute approximate surface area is 135 Å². The number of amides is 1. The molecule has 0 aliphatic rings. The van der Waals surface area contributed by atoms with Crippen molar-refractivity contribution in [2.45, 2.75) is 33.7 Å². The quantitative estimate of drug-likeness (QED) is 0.947. The van der Waals surface area contributed by atoms with E-state index in [1.54, 1.807) is 19.9 Å². The SMILES string of the molecule is Cc1cccc(NC(=O)C(C)n2c(C)ccc(C#N)c2=O)c1C. The minimum atomic E-state index is -0.712. The molecule has 1 N–H and O–H groups in total. The van der Waals surface area contributed by atoms with Crippen molar-refractivity contribution >= 4 is 11.6 Å². The van der Waals surface area contributed by atoms with Crippen LogP contribution in [0.1, 0.15) is 35.3 Å². The molecular formula is C18H19N3O2. The van der Waals surface area contributed by atoms with Gasteiger partial charge in [0.05, 0.1) is 0 Å². The Kier molecular flexibility index (Phi) is 4.65. The number of hydrogen-bond donors (Lipinski definition) is 1. The highest BCUT2D eigenvalue weighted by Crippen LogP contribution is 2.19.